The molecule has 0 heterocycles. The van der Waals surface area contributed by atoms with Crippen LogP contribution in [0.5, 0.6) is 11.5 Å². The Bertz CT molecular complexity index is 741. The van der Waals surface area contributed by atoms with E-state index in [-0.39, 0.29) is 32.7 Å². The third-order valence-corrected chi connectivity index (χ3v) is 4.95. The van der Waals surface area contributed by atoms with Crippen LogP contribution in [0, 0.1) is 0 Å². The fourth-order valence-corrected chi connectivity index (χ4v) is 3.63. The molecule has 32 heavy (non-hydrogen) atoms. The van der Waals surface area contributed by atoms with Crippen molar-refractivity contribution in [1.82, 2.24) is 0 Å². The summed E-state index contributed by atoms with van der Waals surface area (Å²) in [7, 11) is 0. The van der Waals surface area contributed by atoms with Gasteiger partial charge in [-0.2, -0.15) is 0 Å². The zero-order valence-corrected chi connectivity index (χ0v) is 19.4. The van der Waals surface area contributed by atoms with Gasteiger partial charge in [-0.3, -0.25) is 0 Å². The molecule has 1 aromatic carbocycles. The van der Waals surface area contributed by atoms with Gasteiger partial charge >= 0.3 is 12.3 Å². The van der Waals surface area contributed by atoms with Crippen molar-refractivity contribution in [3.05, 3.63) is 34.9 Å². The maximum absolute atomic E-state index is 11.5. The molecule has 1 aliphatic carbocycles. The number of benzene rings is 1. The maximum Gasteiger partial charge on any atom is 0.511 e. The number of carbonyl (C=O) groups excluding carboxylic acids is 2. The van der Waals surface area contributed by atoms with Crippen molar-refractivity contribution < 1.29 is 38.0 Å². The third kappa shape index (κ3) is 7.98. The van der Waals surface area contributed by atoms with Gasteiger partial charge in [0.05, 0.1) is 13.2 Å². The maximum atomic E-state index is 11.5. The summed E-state index contributed by atoms with van der Waals surface area (Å²) in [6.07, 6.45) is 5.39. The molecule has 0 amide bonds. The fraction of sp³-hybridized carbons (Fsp3) is 0.583. The van der Waals surface area contributed by atoms with Gasteiger partial charge in [-0.1, -0.05) is 25.0 Å². The molecule has 0 N–H and O–H groups in total. The zero-order valence-electron chi connectivity index (χ0n) is 19.4. The van der Waals surface area contributed by atoms with E-state index in [0.717, 1.165) is 43.2 Å². The molecular weight excluding hydrogens is 416 g/mol. The molecule has 0 saturated carbocycles. The average Bonchev–Trinajstić information content (AvgIpc) is 2.74. The molecule has 1 unspecified atom stereocenters. The Labute approximate surface area is 189 Å². The molecule has 0 spiro atoms. The van der Waals surface area contributed by atoms with Gasteiger partial charge in [-0.15, -0.1) is 0 Å². The summed E-state index contributed by atoms with van der Waals surface area (Å²) in [5, 5.41) is 0. The number of aryl methyl sites for hydroxylation is 1. The van der Waals surface area contributed by atoms with Crippen LogP contribution < -0.4 is 9.47 Å². The number of allylic oxidation sites excluding steroid dienone is 2. The summed E-state index contributed by atoms with van der Waals surface area (Å²) in [6.45, 7) is 7.47. The van der Waals surface area contributed by atoms with Gasteiger partial charge in [0.25, 0.3) is 0 Å². The number of hydrogen-bond donors (Lipinski definition) is 0. The Hall–Kier alpha value is -2.90. The highest BCUT2D eigenvalue weighted by Crippen LogP contribution is 2.42. The highest BCUT2D eigenvalue weighted by molar-refractivity contribution is 5.60. The number of carbonyl (C=O) groups is 2. The fourth-order valence-electron chi connectivity index (χ4n) is 3.63. The van der Waals surface area contributed by atoms with E-state index in [9.17, 15) is 9.59 Å². The average molecular weight is 451 g/mol. The van der Waals surface area contributed by atoms with E-state index in [4.69, 9.17) is 28.4 Å². The Morgan fingerprint density at radius 2 is 1.47 bits per heavy atom. The van der Waals surface area contributed by atoms with Crippen LogP contribution in [-0.4, -0.2) is 39.1 Å². The largest absolute Gasteiger partial charge is 0.511 e. The van der Waals surface area contributed by atoms with E-state index in [0.29, 0.717) is 11.5 Å². The number of hydrogen-bond acceptors (Lipinski definition) is 8. The van der Waals surface area contributed by atoms with Gasteiger partial charge in [0.1, 0.15) is 11.5 Å². The van der Waals surface area contributed by atoms with Crippen molar-refractivity contribution in [2.24, 2.45) is 0 Å². The van der Waals surface area contributed by atoms with Crippen LogP contribution in [0.25, 0.3) is 0 Å². The van der Waals surface area contributed by atoms with Crippen molar-refractivity contribution in [3.8, 4) is 11.5 Å². The lowest BCUT2D eigenvalue weighted by Crippen LogP contribution is -2.16. The van der Waals surface area contributed by atoms with Gasteiger partial charge in [-0.05, 0) is 64.2 Å². The van der Waals surface area contributed by atoms with Crippen LogP contribution in [0.2, 0.25) is 0 Å². The standard InChI is InChI=1S/C24H34O8/c1-5-9-18-13-20(29-15-31-23(25)27-6-2)22(19-11-8-10-17(4)12-19)21(14-18)30-16-32-24(26)28-7-3/h12-14,19H,5-11,15-16H2,1-4H3. The minimum absolute atomic E-state index is 0.0645. The topological polar surface area (TPSA) is 89.5 Å². The van der Waals surface area contributed by atoms with Crippen LogP contribution in [0.1, 0.15) is 70.4 Å². The minimum atomic E-state index is -0.786. The summed E-state index contributed by atoms with van der Waals surface area (Å²) >= 11 is 0. The second kappa shape index (κ2) is 13.5. The first-order valence-corrected chi connectivity index (χ1v) is 11.2. The molecule has 0 saturated heterocycles. The summed E-state index contributed by atoms with van der Waals surface area (Å²) in [5.41, 5.74) is 3.13. The van der Waals surface area contributed by atoms with Crippen LogP contribution in [0.3, 0.4) is 0 Å². The molecule has 0 bridgehead atoms. The Kier molecular flexibility index (Phi) is 10.7. The molecule has 8 nitrogen and oxygen atoms in total. The molecule has 178 valence electrons. The third-order valence-electron chi connectivity index (χ3n) is 4.95. The predicted molar refractivity (Wildman–Crippen MR) is 118 cm³/mol. The van der Waals surface area contributed by atoms with Crippen LogP contribution in [-0.2, 0) is 25.4 Å². The lowest BCUT2D eigenvalue weighted by molar-refractivity contribution is 0.00442. The number of ether oxygens (including phenoxy) is 6. The molecule has 1 atom stereocenters. The van der Waals surface area contributed by atoms with Crippen molar-refractivity contribution in [2.75, 3.05) is 26.8 Å². The monoisotopic (exact) mass is 450 g/mol. The van der Waals surface area contributed by atoms with E-state index >= 15 is 0 Å². The first kappa shape index (κ1) is 25.4. The van der Waals surface area contributed by atoms with Crippen molar-refractivity contribution in [2.45, 2.75) is 65.7 Å². The zero-order chi connectivity index (χ0) is 23.3. The quantitative estimate of drug-likeness (QED) is 0.235. The van der Waals surface area contributed by atoms with Crippen LogP contribution in [0.15, 0.2) is 23.8 Å². The van der Waals surface area contributed by atoms with Crippen LogP contribution >= 0.6 is 0 Å². The van der Waals surface area contributed by atoms with E-state index < -0.39 is 12.3 Å². The SMILES string of the molecule is CCCc1cc(OCOC(=O)OCC)c(C2C=C(C)CCC2)c(OCOC(=O)OCC)c1. The van der Waals surface area contributed by atoms with E-state index in [1.165, 1.54) is 5.57 Å². The summed E-state index contributed by atoms with van der Waals surface area (Å²) in [6, 6.07) is 3.90. The number of rotatable bonds is 11. The van der Waals surface area contributed by atoms with Crippen LogP contribution in [0.4, 0.5) is 9.59 Å². The van der Waals surface area contributed by atoms with E-state index in [1.807, 2.05) is 12.1 Å². The molecule has 8 heteroatoms. The molecule has 0 aliphatic heterocycles. The second-order valence-electron chi connectivity index (χ2n) is 7.45. The molecule has 0 aromatic heterocycles. The molecule has 0 radical (unpaired) electrons. The van der Waals surface area contributed by atoms with E-state index in [2.05, 4.69) is 19.9 Å². The predicted octanol–water partition coefficient (Wildman–Crippen LogP) is 5.87. The Morgan fingerprint density at radius 3 is 1.94 bits per heavy atom. The van der Waals surface area contributed by atoms with Crippen molar-refractivity contribution in [3.63, 3.8) is 0 Å². The lowest BCUT2D eigenvalue weighted by Gasteiger charge is -2.25. The first-order chi connectivity index (χ1) is 15.5. The van der Waals surface area contributed by atoms with Gasteiger partial charge in [0.2, 0.25) is 13.6 Å². The smallest absolute Gasteiger partial charge is 0.457 e. The summed E-state index contributed by atoms with van der Waals surface area (Å²) < 4.78 is 31.3. The van der Waals surface area contributed by atoms with Crippen molar-refractivity contribution >= 4 is 12.3 Å². The first-order valence-electron chi connectivity index (χ1n) is 11.2. The van der Waals surface area contributed by atoms with Crippen molar-refractivity contribution in [1.29, 1.82) is 0 Å². The minimum Gasteiger partial charge on any atom is -0.457 e. The van der Waals surface area contributed by atoms with E-state index in [1.54, 1.807) is 13.8 Å². The van der Waals surface area contributed by atoms with Gasteiger partial charge in [-0.25, -0.2) is 9.59 Å². The molecule has 1 aliphatic rings. The lowest BCUT2D eigenvalue weighted by atomic mass is 9.84. The second-order valence-corrected chi connectivity index (χ2v) is 7.45. The molecule has 1 aromatic rings. The summed E-state index contributed by atoms with van der Waals surface area (Å²) in [4.78, 5) is 23.1. The highest BCUT2D eigenvalue weighted by Gasteiger charge is 2.24. The molecular formula is C24H34O8. The normalized spacial score (nSPS) is 15.4. The highest BCUT2D eigenvalue weighted by atomic mass is 16.8. The molecule has 2 rings (SSSR count). The van der Waals surface area contributed by atoms with Gasteiger partial charge in [0.15, 0.2) is 0 Å². The Morgan fingerprint density at radius 1 is 0.906 bits per heavy atom. The molecule has 0 fully saturated rings. The Balaban J connectivity index is 2.32. The van der Waals surface area contributed by atoms with Gasteiger partial charge in [0, 0.05) is 11.5 Å². The summed E-state index contributed by atoms with van der Waals surface area (Å²) in [5.74, 6) is 1.21. The van der Waals surface area contributed by atoms with Gasteiger partial charge < -0.3 is 28.4 Å².